The molecule has 314 valence electrons. The van der Waals surface area contributed by atoms with Gasteiger partial charge in [0.2, 0.25) is 0 Å². The van der Waals surface area contributed by atoms with Gasteiger partial charge in [-0.1, -0.05) is 39.3 Å². The average Bonchev–Trinajstić information content (AvgIpc) is 3.51. The van der Waals surface area contributed by atoms with Crippen LogP contribution in [0.3, 0.4) is 0 Å². The molecule has 6 unspecified atom stereocenters. The van der Waals surface area contributed by atoms with E-state index in [0.29, 0.717) is 24.7 Å². The van der Waals surface area contributed by atoms with Crippen LogP contribution in [0, 0.1) is 46.3 Å². The minimum Gasteiger partial charge on any atom is -0.459 e. The van der Waals surface area contributed by atoms with Gasteiger partial charge in [0.1, 0.15) is 60.5 Å². The summed E-state index contributed by atoms with van der Waals surface area (Å²) in [6.07, 6.45) is -9.11. The van der Waals surface area contributed by atoms with Crippen molar-refractivity contribution in [2.24, 2.45) is 46.3 Å². The van der Waals surface area contributed by atoms with Gasteiger partial charge in [0.25, 0.3) is 0 Å². The van der Waals surface area contributed by atoms with E-state index in [1.165, 1.54) is 0 Å². The van der Waals surface area contributed by atoms with Gasteiger partial charge >= 0.3 is 5.97 Å². The molecule has 0 aromatic heterocycles. The summed E-state index contributed by atoms with van der Waals surface area (Å²) >= 11 is 0. The number of carbonyl (C=O) groups excluding carboxylic acids is 1. The highest BCUT2D eigenvalue weighted by atomic mass is 16.7. The molecule has 0 aromatic carbocycles. The smallest absolute Gasteiger partial charge is 0.309 e. The fourth-order valence-corrected chi connectivity index (χ4v) is 12.2. The van der Waals surface area contributed by atoms with Gasteiger partial charge in [-0.2, -0.15) is 0 Å². The van der Waals surface area contributed by atoms with Crippen LogP contribution in [0.2, 0.25) is 0 Å². The molecule has 0 bridgehead atoms. The molecule has 3 aliphatic heterocycles. The number of fused-ring (bicyclic) bond motifs is 5. The predicted octanol–water partition coefficient (Wildman–Crippen LogP) is -0.116. The molecule has 4 aliphatic carbocycles. The highest BCUT2D eigenvalue weighted by Gasteiger charge is 2.64. The number of aliphatic hydroxyl groups excluding tert-OH is 8. The second-order valence-corrected chi connectivity index (χ2v) is 18.7. The largest absolute Gasteiger partial charge is 0.459 e. The number of hydrogen-bond donors (Lipinski definition) is 9. The van der Waals surface area contributed by atoms with Crippen molar-refractivity contribution in [3.8, 4) is 0 Å². The molecule has 55 heavy (non-hydrogen) atoms. The molecule has 3 saturated carbocycles. The molecule has 7 aliphatic rings. The van der Waals surface area contributed by atoms with Crippen LogP contribution in [-0.2, 0) is 28.5 Å². The molecule has 0 spiro atoms. The Kier molecular flexibility index (Phi) is 11.7. The summed E-state index contributed by atoms with van der Waals surface area (Å²) < 4.78 is 29.0. The minimum absolute atomic E-state index is 0.0289. The fourth-order valence-electron chi connectivity index (χ4n) is 12.2. The normalized spacial score (nSPS) is 54.0. The van der Waals surface area contributed by atoms with E-state index in [2.05, 4.69) is 26.8 Å². The molecular formula is C40H64O15. The molecule has 3 saturated heterocycles. The van der Waals surface area contributed by atoms with Crippen molar-refractivity contribution in [2.75, 3.05) is 13.2 Å². The summed E-state index contributed by atoms with van der Waals surface area (Å²) in [5.74, 6) is 0.515. The molecule has 22 atom stereocenters. The molecule has 9 N–H and O–H groups in total. The van der Waals surface area contributed by atoms with Gasteiger partial charge in [0.05, 0.1) is 31.3 Å². The maximum atomic E-state index is 12.7. The Morgan fingerprint density at radius 3 is 2.18 bits per heavy atom. The second kappa shape index (κ2) is 15.4. The summed E-state index contributed by atoms with van der Waals surface area (Å²) in [4.78, 5) is 12.7. The SMILES string of the molecule is CC1CC([C@@](C)(O)C2CCC3[C@@H]4CC=C5C[C@@H](O[C@@H]6O[C@H](CO[C@@H]7O[C@H](CO)[C@@H](O)[C@H](O)[C@H]7O)[C@@H](O)[C@H](O)[C@H]6O)C[C@H](O)[C@]5(C)C4CC[C@@]32C)OC(=O)C1C. The summed E-state index contributed by atoms with van der Waals surface area (Å²) in [7, 11) is 0. The highest BCUT2D eigenvalue weighted by molar-refractivity contribution is 5.73. The van der Waals surface area contributed by atoms with Crippen LogP contribution in [0.25, 0.3) is 0 Å². The number of rotatable bonds is 8. The molecular weight excluding hydrogens is 720 g/mol. The maximum absolute atomic E-state index is 12.7. The van der Waals surface area contributed by atoms with Crippen LogP contribution < -0.4 is 0 Å². The van der Waals surface area contributed by atoms with E-state index in [-0.39, 0.29) is 41.5 Å². The second-order valence-electron chi connectivity index (χ2n) is 18.7. The number of carbonyl (C=O) groups is 1. The van der Waals surface area contributed by atoms with E-state index in [1.807, 2.05) is 13.8 Å². The summed E-state index contributed by atoms with van der Waals surface area (Å²) in [6.45, 7) is 9.14. The van der Waals surface area contributed by atoms with E-state index in [4.69, 9.17) is 23.7 Å². The van der Waals surface area contributed by atoms with Gasteiger partial charge in [-0.15, -0.1) is 0 Å². The molecule has 3 heterocycles. The fraction of sp³-hybridized carbons (Fsp3) is 0.925. The first-order chi connectivity index (χ1) is 25.8. The average molecular weight is 785 g/mol. The predicted molar refractivity (Wildman–Crippen MR) is 191 cm³/mol. The van der Waals surface area contributed by atoms with Crippen LogP contribution in [-0.4, -0.2) is 150 Å². The lowest BCUT2D eigenvalue weighted by molar-refractivity contribution is -0.337. The van der Waals surface area contributed by atoms with Gasteiger partial charge in [-0.05, 0) is 86.9 Å². The standard InChI is InChI=1S/C40H64O15/c1-17-12-28(55-35(49)18(17)2)40(5,50)26-9-8-22-21-7-6-19-13-20(14-27(42)39(19,4)23(21)10-11-38(22,26)3)52-37-34(48)32(46)30(44)25(54-37)16-51-36-33(47)31(45)29(43)24(15-41)53-36/h6,17-18,20-34,36-37,41-48,50H,7-16H2,1-5H3/t17?,18?,20-,21+,22?,23?,24-,25-,26?,27+,28?,29-,30-,31+,32+,33-,34-,36-,37-,38+,39+,40+/m1/s1. The Morgan fingerprint density at radius 2 is 1.51 bits per heavy atom. The number of hydrogen-bond acceptors (Lipinski definition) is 15. The van der Waals surface area contributed by atoms with Gasteiger partial charge in [0, 0.05) is 11.8 Å². The number of allylic oxidation sites excluding steroid dienone is 1. The molecule has 7 rings (SSSR count). The molecule has 0 aromatic rings. The zero-order valence-corrected chi connectivity index (χ0v) is 32.6. The molecule has 6 fully saturated rings. The van der Waals surface area contributed by atoms with Crippen LogP contribution in [0.15, 0.2) is 11.6 Å². The zero-order valence-electron chi connectivity index (χ0n) is 32.6. The lowest BCUT2D eigenvalue weighted by Gasteiger charge is -2.60. The third-order valence-corrected chi connectivity index (χ3v) is 15.9. The van der Waals surface area contributed by atoms with Crippen LogP contribution in [0.1, 0.15) is 86.0 Å². The van der Waals surface area contributed by atoms with Gasteiger partial charge in [0.15, 0.2) is 12.6 Å². The Labute approximate surface area is 322 Å². The van der Waals surface area contributed by atoms with E-state index >= 15 is 0 Å². The third-order valence-electron chi connectivity index (χ3n) is 15.9. The van der Waals surface area contributed by atoms with E-state index in [0.717, 1.165) is 37.7 Å². The Balaban J connectivity index is 1.01. The monoisotopic (exact) mass is 784 g/mol. The summed E-state index contributed by atoms with van der Waals surface area (Å²) in [5, 5.41) is 96.5. The van der Waals surface area contributed by atoms with Gasteiger partial charge in [-0.3, -0.25) is 4.79 Å². The van der Waals surface area contributed by atoms with Crippen LogP contribution in [0.5, 0.6) is 0 Å². The van der Waals surface area contributed by atoms with Gasteiger partial charge < -0.3 is 69.6 Å². The van der Waals surface area contributed by atoms with Crippen LogP contribution >= 0.6 is 0 Å². The maximum Gasteiger partial charge on any atom is 0.309 e. The number of cyclic esters (lactones) is 1. The molecule has 15 nitrogen and oxygen atoms in total. The first-order valence-electron chi connectivity index (χ1n) is 20.4. The molecule has 15 heteroatoms. The highest BCUT2D eigenvalue weighted by Crippen LogP contribution is 2.68. The van der Waals surface area contributed by atoms with Crippen molar-refractivity contribution in [1.29, 1.82) is 0 Å². The first kappa shape index (κ1) is 41.8. The molecule has 0 amide bonds. The Bertz CT molecular complexity index is 1420. The first-order valence-corrected chi connectivity index (χ1v) is 20.4. The summed E-state index contributed by atoms with van der Waals surface area (Å²) in [5.41, 5.74) is -0.749. The molecule has 0 radical (unpaired) electrons. The quantitative estimate of drug-likeness (QED) is 0.115. The van der Waals surface area contributed by atoms with E-state index in [9.17, 15) is 50.8 Å². The van der Waals surface area contributed by atoms with Crippen molar-refractivity contribution in [3.05, 3.63) is 11.6 Å². The lowest BCUT2D eigenvalue weighted by Crippen LogP contribution is -2.62. The lowest BCUT2D eigenvalue weighted by atomic mass is 9.46. The number of ether oxygens (including phenoxy) is 5. The third kappa shape index (κ3) is 6.94. The van der Waals surface area contributed by atoms with Crippen molar-refractivity contribution in [3.63, 3.8) is 0 Å². The number of esters is 1. The Morgan fingerprint density at radius 1 is 0.855 bits per heavy atom. The van der Waals surface area contributed by atoms with Crippen molar-refractivity contribution in [2.45, 2.75) is 171 Å². The Hall–Kier alpha value is -1.31. The summed E-state index contributed by atoms with van der Waals surface area (Å²) in [6, 6.07) is 0. The number of aliphatic hydroxyl groups is 9. The zero-order chi connectivity index (χ0) is 39.9. The van der Waals surface area contributed by atoms with Gasteiger partial charge in [-0.25, -0.2) is 0 Å². The van der Waals surface area contributed by atoms with E-state index < -0.39 is 104 Å². The van der Waals surface area contributed by atoms with Crippen molar-refractivity contribution < 1.29 is 74.4 Å². The minimum atomic E-state index is -1.68. The van der Waals surface area contributed by atoms with Crippen molar-refractivity contribution >= 4 is 5.97 Å². The van der Waals surface area contributed by atoms with Crippen molar-refractivity contribution in [1.82, 2.24) is 0 Å². The van der Waals surface area contributed by atoms with E-state index in [1.54, 1.807) is 0 Å². The topological polar surface area (TPSA) is 245 Å². The van der Waals surface area contributed by atoms with Crippen LogP contribution in [0.4, 0.5) is 0 Å².